The van der Waals surface area contributed by atoms with Crippen molar-refractivity contribution in [1.82, 2.24) is 10.6 Å². The Morgan fingerprint density at radius 2 is 1.87 bits per heavy atom. The summed E-state index contributed by atoms with van der Waals surface area (Å²) in [5.74, 6) is -0.0537. The van der Waals surface area contributed by atoms with Crippen molar-refractivity contribution >= 4 is 5.69 Å². The van der Waals surface area contributed by atoms with Gasteiger partial charge in [0.25, 0.3) is 0 Å². The molecule has 7 heteroatoms. The van der Waals surface area contributed by atoms with Crippen LogP contribution in [-0.2, 0) is 26.6 Å². The number of rotatable bonds is 8. The van der Waals surface area contributed by atoms with Crippen LogP contribution < -0.4 is 20.4 Å². The van der Waals surface area contributed by atoms with Crippen LogP contribution in [0.4, 0.5) is 5.69 Å². The van der Waals surface area contributed by atoms with E-state index in [9.17, 15) is 0 Å². The Hall–Kier alpha value is -2.16. The lowest BCUT2D eigenvalue weighted by atomic mass is 9.92. The van der Waals surface area contributed by atoms with Crippen molar-refractivity contribution in [1.29, 1.82) is 0 Å². The lowest BCUT2D eigenvalue weighted by molar-refractivity contribution is -0.207. The summed E-state index contributed by atoms with van der Waals surface area (Å²) in [6.45, 7) is 2.17. The molecule has 168 valence electrons. The van der Waals surface area contributed by atoms with Crippen LogP contribution >= 0.6 is 0 Å². The highest BCUT2D eigenvalue weighted by molar-refractivity contribution is 5.64. The van der Waals surface area contributed by atoms with Gasteiger partial charge in [0.1, 0.15) is 12.3 Å². The van der Waals surface area contributed by atoms with E-state index in [2.05, 4.69) is 47.0 Å². The first-order valence-corrected chi connectivity index (χ1v) is 10.8. The molecule has 2 aromatic rings. The summed E-state index contributed by atoms with van der Waals surface area (Å²) in [5, 5.41) is 9.23. The van der Waals surface area contributed by atoms with E-state index in [1.54, 1.807) is 33.5 Å². The van der Waals surface area contributed by atoms with Crippen molar-refractivity contribution in [3.05, 3.63) is 59.2 Å². The summed E-state index contributed by atoms with van der Waals surface area (Å²) in [5.41, 5.74) is 4.22. The highest BCUT2D eigenvalue weighted by Gasteiger charge is 2.45. The molecule has 7 nitrogen and oxygen atoms in total. The first-order valence-electron chi connectivity index (χ1n) is 10.8. The Labute approximate surface area is 184 Å². The molecule has 31 heavy (non-hydrogen) atoms. The molecular formula is C24H33N3O4. The van der Waals surface area contributed by atoms with Gasteiger partial charge < -0.3 is 24.8 Å². The normalized spacial score (nSPS) is 22.4. The van der Waals surface area contributed by atoms with Crippen molar-refractivity contribution in [2.75, 3.05) is 46.6 Å². The van der Waals surface area contributed by atoms with Crippen LogP contribution in [0.25, 0.3) is 0 Å². The molecular weight excluding hydrogens is 394 g/mol. The van der Waals surface area contributed by atoms with Gasteiger partial charge in [-0.2, -0.15) is 0 Å². The van der Waals surface area contributed by atoms with Gasteiger partial charge in [-0.05, 0) is 31.0 Å². The average Bonchev–Trinajstić information content (AvgIpc) is 3.16. The Balaban J connectivity index is 1.60. The van der Waals surface area contributed by atoms with Crippen LogP contribution in [0, 0.1) is 0 Å². The van der Waals surface area contributed by atoms with E-state index >= 15 is 0 Å². The number of hydroxylamine groups is 1. The molecule has 2 N–H and O–H groups in total. The summed E-state index contributed by atoms with van der Waals surface area (Å²) in [6, 6.07) is 15.4. The maximum atomic E-state index is 5.79. The van der Waals surface area contributed by atoms with Gasteiger partial charge in [0.05, 0.1) is 19.9 Å². The third-order valence-corrected chi connectivity index (χ3v) is 6.48. The number of hydrogen-bond donors (Lipinski definition) is 2. The van der Waals surface area contributed by atoms with Gasteiger partial charge in [0, 0.05) is 50.0 Å². The predicted molar refractivity (Wildman–Crippen MR) is 120 cm³/mol. The second kappa shape index (κ2) is 9.54. The summed E-state index contributed by atoms with van der Waals surface area (Å²) in [7, 11) is 6.67. The molecule has 0 unspecified atom stereocenters. The molecule has 1 saturated heterocycles. The molecule has 2 aliphatic heterocycles. The number of ether oxygens (including phenoxy) is 3. The average molecular weight is 428 g/mol. The second-order valence-corrected chi connectivity index (χ2v) is 8.03. The third-order valence-electron chi connectivity index (χ3n) is 6.48. The van der Waals surface area contributed by atoms with Crippen LogP contribution in [-0.4, -0.2) is 47.6 Å². The van der Waals surface area contributed by atoms with E-state index in [0.29, 0.717) is 19.1 Å². The van der Waals surface area contributed by atoms with Gasteiger partial charge in [0.15, 0.2) is 0 Å². The highest BCUT2D eigenvalue weighted by atomic mass is 16.7. The van der Waals surface area contributed by atoms with Crippen LogP contribution in [0.5, 0.6) is 5.75 Å². The standard InChI is InChI=1S/C24H33N3O4/c1-28-22-14-21-19(24(29-2,30-3)16-27(21)31-4)13-18(22)15-26-20-11-8-12-25-23(20)17-9-6-5-7-10-17/h5-7,9-10,13-14,20,23,25-26H,8,11-12,15-16H2,1-4H3/t20-,23-/m0/s1. The van der Waals surface area contributed by atoms with Gasteiger partial charge in [-0.25, -0.2) is 5.06 Å². The van der Waals surface area contributed by atoms with Crippen molar-refractivity contribution in [2.45, 2.75) is 37.3 Å². The molecule has 1 fully saturated rings. The summed E-state index contributed by atoms with van der Waals surface area (Å²) >= 11 is 0. The Bertz CT molecular complexity index is 873. The van der Waals surface area contributed by atoms with Gasteiger partial charge in [-0.1, -0.05) is 30.3 Å². The first-order chi connectivity index (χ1) is 15.2. The van der Waals surface area contributed by atoms with Crippen LogP contribution in [0.1, 0.15) is 35.6 Å². The fourth-order valence-corrected chi connectivity index (χ4v) is 4.77. The van der Waals surface area contributed by atoms with Crippen molar-refractivity contribution in [3.63, 3.8) is 0 Å². The van der Waals surface area contributed by atoms with Crippen molar-refractivity contribution < 1.29 is 19.0 Å². The summed E-state index contributed by atoms with van der Waals surface area (Å²) in [6.07, 6.45) is 2.28. The maximum absolute atomic E-state index is 5.79. The molecule has 0 spiro atoms. The Kier molecular flexibility index (Phi) is 6.79. The van der Waals surface area contributed by atoms with E-state index in [1.165, 1.54) is 5.56 Å². The van der Waals surface area contributed by atoms with E-state index in [4.69, 9.17) is 19.0 Å². The number of nitrogens with zero attached hydrogens (tertiary/aromatic N) is 1. The number of piperidine rings is 1. The summed E-state index contributed by atoms with van der Waals surface area (Å²) in [4.78, 5) is 5.55. The number of methoxy groups -OCH3 is 3. The van der Waals surface area contributed by atoms with E-state index < -0.39 is 5.79 Å². The van der Waals surface area contributed by atoms with Crippen LogP contribution in [0.2, 0.25) is 0 Å². The van der Waals surface area contributed by atoms with Gasteiger partial charge in [0.2, 0.25) is 5.79 Å². The SMILES string of the molecule is COc1cc2c(cc1CN[C@H]1CCCN[C@H]1c1ccccc1)C(OC)(OC)CN2OC. The Morgan fingerprint density at radius 3 is 2.55 bits per heavy atom. The first kappa shape index (κ1) is 22.0. The number of benzene rings is 2. The van der Waals surface area contributed by atoms with Crippen LogP contribution in [0.15, 0.2) is 42.5 Å². The van der Waals surface area contributed by atoms with Crippen LogP contribution in [0.3, 0.4) is 0 Å². The molecule has 0 radical (unpaired) electrons. The van der Waals surface area contributed by atoms with Crippen molar-refractivity contribution in [3.8, 4) is 5.75 Å². The molecule has 4 rings (SSSR count). The molecule has 0 aromatic heterocycles. The molecule has 2 heterocycles. The van der Waals surface area contributed by atoms with Gasteiger partial charge in [-0.3, -0.25) is 4.84 Å². The minimum Gasteiger partial charge on any atom is -0.496 e. The zero-order valence-corrected chi connectivity index (χ0v) is 18.8. The number of anilines is 1. The van der Waals surface area contributed by atoms with E-state index in [-0.39, 0.29) is 6.04 Å². The zero-order valence-electron chi connectivity index (χ0n) is 18.8. The van der Waals surface area contributed by atoms with Gasteiger partial charge in [-0.15, -0.1) is 0 Å². The monoisotopic (exact) mass is 427 g/mol. The van der Waals surface area contributed by atoms with E-state index in [0.717, 1.165) is 42.0 Å². The highest BCUT2D eigenvalue weighted by Crippen LogP contribution is 2.45. The molecule has 2 aromatic carbocycles. The largest absolute Gasteiger partial charge is 0.496 e. The molecule has 2 atom stereocenters. The molecule has 0 amide bonds. The number of nitrogens with one attached hydrogen (secondary N) is 2. The van der Waals surface area contributed by atoms with Crippen molar-refractivity contribution in [2.24, 2.45) is 0 Å². The fraction of sp³-hybridized carbons (Fsp3) is 0.500. The van der Waals surface area contributed by atoms with E-state index in [1.807, 2.05) is 6.07 Å². The zero-order chi connectivity index (χ0) is 21.8. The molecule has 2 aliphatic rings. The third kappa shape index (κ3) is 4.16. The fourth-order valence-electron chi connectivity index (χ4n) is 4.77. The lowest BCUT2D eigenvalue weighted by Crippen LogP contribution is -2.45. The molecule has 0 aliphatic carbocycles. The van der Waals surface area contributed by atoms with Gasteiger partial charge >= 0.3 is 0 Å². The maximum Gasteiger partial charge on any atom is 0.217 e. The predicted octanol–water partition coefficient (Wildman–Crippen LogP) is 3.11. The topological polar surface area (TPSA) is 64.2 Å². The minimum absolute atomic E-state index is 0.288. The second-order valence-electron chi connectivity index (χ2n) is 8.03. The summed E-state index contributed by atoms with van der Waals surface area (Å²) < 4.78 is 17.3. The quantitative estimate of drug-likeness (QED) is 0.628. The smallest absolute Gasteiger partial charge is 0.217 e. The number of fused-ring (bicyclic) bond motifs is 1. The number of hydrogen-bond acceptors (Lipinski definition) is 7. The minimum atomic E-state index is -0.870. The molecule has 0 saturated carbocycles. The Morgan fingerprint density at radius 1 is 1.10 bits per heavy atom. The lowest BCUT2D eigenvalue weighted by Gasteiger charge is -2.34. The molecule has 0 bridgehead atoms.